The number of benzene rings is 2. The molecule has 0 radical (unpaired) electrons. The molecule has 168 valence electrons. The Labute approximate surface area is 193 Å². The Morgan fingerprint density at radius 2 is 1.38 bits per heavy atom. The number of likely N-dealkylation sites (tertiary alicyclic amines) is 2. The third-order valence-electron chi connectivity index (χ3n) is 6.11. The van der Waals surface area contributed by atoms with E-state index in [0.717, 1.165) is 37.9 Å². The molecule has 0 N–H and O–H groups in total. The van der Waals surface area contributed by atoms with Gasteiger partial charge in [0.2, 0.25) is 0 Å². The SMILES string of the molecule is O=C(OCc1ccc(C(=O)N2CCCC2)cc1)[C@@H]1CCCN(C(=O)c2ccc(Cl)cc2)C1. The maximum atomic E-state index is 12.7. The first-order valence-electron chi connectivity index (χ1n) is 11.1. The van der Waals surface area contributed by atoms with Crippen molar-refractivity contribution in [3.05, 3.63) is 70.2 Å². The molecule has 2 saturated heterocycles. The van der Waals surface area contributed by atoms with Crippen LogP contribution >= 0.6 is 11.6 Å². The minimum absolute atomic E-state index is 0.0543. The van der Waals surface area contributed by atoms with Crippen molar-refractivity contribution in [2.24, 2.45) is 5.92 Å². The van der Waals surface area contributed by atoms with Gasteiger partial charge >= 0.3 is 5.97 Å². The minimum atomic E-state index is -0.337. The van der Waals surface area contributed by atoms with Gasteiger partial charge in [-0.2, -0.15) is 0 Å². The molecule has 0 aromatic heterocycles. The predicted octanol–water partition coefficient (Wildman–Crippen LogP) is 4.17. The number of hydrogen-bond donors (Lipinski definition) is 0. The summed E-state index contributed by atoms with van der Waals surface area (Å²) in [5.74, 6) is -0.678. The average molecular weight is 455 g/mol. The van der Waals surface area contributed by atoms with Gasteiger partial charge < -0.3 is 14.5 Å². The number of nitrogens with zero attached hydrogens (tertiary/aromatic N) is 2. The fraction of sp³-hybridized carbons (Fsp3) is 0.400. The number of hydrogen-bond acceptors (Lipinski definition) is 4. The van der Waals surface area contributed by atoms with Crippen molar-refractivity contribution < 1.29 is 19.1 Å². The summed E-state index contributed by atoms with van der Waals surface area (Å²) in [6.07, 6.45) is 3.58. The van der Waals surface area contributed by atoms with Crippen molar-refractivity contribution in [2.75, 3.05) is 26.2 Å². The molecule has 2 aliphatic rings. The van der Waals surface area contributed by atoms with Crippen LogP contribution in [0.25, 0.3) is 0 Å². The van der Waals surface area contributed by atoms with E-state index in [9.17, 15) is 14.4 Å². The summed E-state index contributed by atoms with van der Waals surface area (Å²) in [6, 6.07) is 14.0. The van der Waals surface area contributed by atoms with E-state index in [1.165, 1.54) is 0 Å². The molecule has 4 rings (SSSR count). The second kappa shape index (κ2) is 10.2. The number of carbonyl (C=O) groups is 3. The van der Waals surface area contributed by atoms with Crippen LogP contribution in [0.4, 0.5) is 0 Å². The number of halogens is 1. The van der Waals surface area contributed by atoms with E-state index < -0.39 is 0 Å². The maximum Gasteiger partial charge on any atom is 0.311 e. The molecule has 0 spiro atoms. The van der Waals surface area contributed by atoms with Gasteiger partial charge in [0.05, 0.1) is 5.92 Å². The van der Waals surface area contributed by atoms with Crippen molar-refractivity contribution >= 4 is 29.4 Å². The number of rotatable bonds is 5. The van der Waals surface area contributed by atoms with Gasteiger partial charge in [0.1, 0.15) is 6.61 Å². The molecular weight excluding hydrogens is 428 g/mol. The highest BCUT2D eigenvalue weighted by Gasteiger charge is 2.30. The molecule has 32 heavy (non-hydrogen) atoms. The van der Waals surface area contributed by atoms with E-state index in [2.05, 4.69) is 0 Å². The van der Waals surface area contributed by atoms with E-state index in [0.29, 0.717) is 35.7 Å². The normalized spacial score (nSPS) is 18.5. The molecule has 7 heteroatoms. The Hall–Kier alpha value is -2.86. The first kappa shape index (κ1) is 22.3. The van der Waals surface area contributed by atoms with Gasteiger partial charge in [0, 0.05) is 42.3 Å². The average Bonchev–Trinajstić information content (AvgIpc) is 3.37. The summed E-state index contributed by atoms with van der Waals surface area (Å²) in [4.78, 5) is 41.4. The van der Waals surface area contributed by atoms with Gasteiger partial charge in [0.25, 0.3) is 11.8 Å². The fourth-order valence-electron chi connectivity index (χ4n) is 4.25. The Morgan fingerprint density at radius 1 is 0.812 bits per heavy atom. The van der Waals surface area contributed by atoms with E-state index in [1.807, 2.05) is 17.0 Å². The lowest BCUT2D eigenvalue weighted by molar-refractivity contribution is -0.151. The molecule has 2 heterocycles. The first-order chi connectivity index (χ1) is 15.5. The molecule has 2 fully saturated rings. The summed E-state index contributed by atoms with van der Waals surface area (Å²) in [6.45, 7) is 2.76. The van der Waals surface area contributed by atoms with Crippen molar-refractivity contribution in [3.63, 3.8) is 0 Å². The number of piperidine rings is 1. The zero-order chi connectivity index (χ0) is 22.5. The van der Waals surface area contributed by atoms with Gasteiger partial charge in [-0.05, 0) is 67.6 Å². The summed E-state index contributed by atoms with van der Waals surface area (Å²) < 4.78 is 5.53. The Morgan fingerprint density at radius 3 is 2.03 bits per heavy atom. The van der Waals surface area contributed by atoms with E-state index >= 15 is 0 Å². The van der Waals surface area contributed by atoms with Crippen LogP contribution in [-0.4, -0.2) is 53.8 Å². The maximum absolute atomic E-state index is 12.7. The van der Waals surface area contributed by atoms with Gasteiger partial charge in [-0.15, -0.1) is 0 Å². The van der Waals surface area contributed by atoms with E-state index in [4.69, 9.17) is 16.3 Å². The Balaban J connectivity index is 1.29. The highest BCUT2D eigenvalue weighted by atomic mass is 35.5. The van der Waals surface area contributed by atoms with Crippen LogP contribution in [-0.2, 0) is 16.1 Å². The topological polar surface area (TPSA) is 66.9 Å². The quantitative estimate of drug-likeness (QED) is 0.636. The van der Waals surface area contributed by atoms with Crippen LogP contribution < -0.4 is 0 Å². The molecule has 2 amide bonds. The van der Waals surface area contributed by atoms with Crippen LogP contribution in [0.15, 0.2) is 48.5 Å². The monoisotopic (exact) mass is 454 g/mol. The van der Waals surface area contributed by atoms with Crippen LogP contribution in [0, 0.1) is 5.92 Å². The molecule has 0 unspecified atom stereocenters. The number of ether oxygens (including phenoxy) is 1. The largest absolute Gasteiger partial charge is 0.461 e. The lowest BCUT2D eigenvalue weighted by Crippen LogP contribution is -2.42. The Kier molecular flexibility index (Phi) is 7.10. The first-order valence-corrected chi connectivity index (χ1v) is 11.5. The molecule has 2 aromatic rings. The standard InChI is InChI=1S/C25H27ClN2O4/c26-22-11-9-20(10-12-22)24(30)28-15-3-4-21(16-28)25(31)32-17-18-5-7-19(8-6-18)23(29)27-13-1-2-14-27/h5-12,21H,1-4,13-17H2/t21-/m1/s1. The number of carbonyl (C=O) groups excluding carboxylic acids is 3. The molecule has 2 aromatic carbocycles. The van der Waals surface area contributed by atoms with Crippen LogP contribution in [0.1, 0.15) is 52.0 Å². The van der Waals surface area contributed by atoms with Crippen LogP contribution in [0.3, 0.4) is 0 Å². The zero-order valence-electron chi connectivity index (χ0n) is 18.0. The zero-order valence-corrected chi connectivity index (χ0v) is 18.7. The molecule has 0 aliphatic carbocycles. The fourth-order valence-corrected chi connectivity index (χ4v) is 4.37. The van der Waals surface area contributed by atoms with Crippen molar-refractivity contribution in [1.29, 1.82) is 0 Å². The Bertz CT molecular complexity index is 968. The summed E-state index contributed by atoms with van der Waals surface area (Å²) in [5, 5.41) is 0.579. The van der Waals surface area contributed by atoms with Crippen molar-refractivity contribution in [2.45, 2.75) is 32.3 Å². The highest BCUT2D eigenvalue weighted by molar-refractivity contribution is 6.30. The highest BCUT2D eigenvalue weighted by Crippen LogP contribution is 2.21. The van der Waals surface area contributed by atoms with Gasteiger partial charge in [-0.25, -0.2) is 0 Å². The van der Waals surface area contributed by atoms with Crippen LogP contribution in [0.2, 0.25) is 5.02 Å². The van der Waals surface area contributed by atoms with Crippen molar-refractivity contribution in [1.82, 2.24) is 9.80 Å². The molecule has 0 saturated carbocycles. The molecule has 6 nitrogen and oxygen atoms in total. The number of esters is 1. The second-order valence-electron chi connectivity index (χ2n) is 8.40. The smallest absolute Gasteiger partial charge is 0.311 e. The summed E-state index contributed by atoms with van der Waals surface area (Å²) in [5.41, 5.74) is 2.05. The molecule has 0 bridgehead atoms. The van der Waals surface area contributed by atoms with Gasteiger partial charge in [-0.1, -0.05) is 23.7 Å². The number of amides is 2. The molecule has 2 aliphatic heterocycles. The third-order valence-corrected chi connectivity index (χ3v) is 6.36. The lowest BCUT2D eigenvalue weighted by Gasteiger charge is -2.31. The summed E-state index contributed by atoms with van der Waals surface area (Å²) >= 11 is 5.90. The van der Waals surface area contributed by atoms with Crippen LogP contribution in [0.5, 0.6) is 0 Å². The molecule has 1 atom stereocenters. The predicted molar refractivity (Wildman–Crippen MR) is 121 cm³/mol. The third kappa shape index (κ3) is 5.30. The molecular formula is C25H27ClN2O4. The van der Waals surface area contributed by atoms with Crippen molar-refractivity contribution in [3.8, 4) is 0 Å². The lowest BCUT2D eigenvalue weighted by atomic mass is 9.97. The second-order valence-corrected chi connectivity index (χ2v) is 8.84. The van der Waals surface area contributed by atoms with E-state index in [-0.39, 0.29) is 30.3 Å². The minimum Gasteiger partial charge on any atom is -0.461 e. The van der Waals surface area contributed by atoms with E-state index in [1.54, 1.807) is 41.3 Å². The summed E-state index contributed by atoms with van der Waals surface area (Å²) in [7, 11) is 0. The van der Waals surface area contributed by atoms with Gasteiger partial charge in [-0.3, -0.25) is 14.4 Å². The van der Waals surface area contributed by atoms with Gasteiger partial charge in [0.15, 0.2) is 0 Å².